The number of rotatable bonds is 12. The lowest BCUT2D eigenvalue weighted by Gasteiger charge is -2.32. The van der Waals surface area contributed by atoms with E-state index >= 15 is 0 Å². The second kappa shape index (κ2) is 12.3. The molecule has 0 unspecified atom stereocenters. The molecule has 40 heavy (non-hydrogen) atoms. The van der Waals surface area contributed by atoms with Gasteiger partial charge in [0.2, 0.25) is 0 Å². The average molecular weight is 550 g/mol. The zero-order valence-electron chi connectivity index (χ0n) is 23.8. The maximum absolute atomic E-state index is 13.0. The number of alkyl halides is 3. The fourth-order valence-corrected chi connectivity index (χ4v) is 5.81. The number of aromatic nitrogens is 1. The molecule has 3 aromatic carbocycles. The minimum Gasteiger partial charge on any atom is -0.493 e. The maximum Gasteiger partial charge on any atom is 0.416 e. The van der Waals surface area contributed by atoms with Crippen LogP contribution in [0.1, 0.15) is 87.0 Å². The van der Waals surface area contributed by atoms with Crippen molar-refractivity contribution in [3.05, 3.63) is 89.1 Å². The van der Waals surface area contributed by atoms with Gasteiger partial charge in [-0.2, -0.15) is 13.2 Å². The summed E-state index contributed by atoms with van der Waals surface area (Å²) in [5.41, 5.74) is 5.29. The molecule has 1 aromatic heterocycles. The van der Waals surface area contributed by atoms with Crippen LogP contribution < -0.4 is 4.74 Å². The van der Waals surface area contributed by atoms with Crippen molar-refractivity contribution in [1.82, 2.24) is 4.98 Å². The van der Waals surface area contributed by atoms with Gasteiger partial charge >= 0.3 is 6.18 Å². The van der Waals surface area contributed by atoms with Gasteiger partial charge in [0, 0.05) is 34.0 Å². The van der Waals surface area contributed by atoms with E-state index < -0.39 is 11.7 Å². The highest BCUT2D eigenvalue weighted by Gasteiger charge is 2.32. The minimum absolute atomic E-state index is 0.0169. The van der Waals surface area contributed by atoms with Gasteiger partial charge in [0.05, 0.1) is 12.2 Å². The van der Waals surface area contributed by atoms with Gasteiger partial charge in [-0.05, 0) is 72.7 Å². The van der Waals surface area contributed by atoms with Crippen molar-refractivity contribution >= 4 is 16.7 Å². The largest absolute Gasteiger partial charge is 0.493 e. The minimum atomic E-state index is -4.35. The first-order valence-electron chi connectivity index (χ1n) is 14.2. The van der Waals surface area contributed by atoms with E-state index in [4.69, 9.17) is 4.74 Å². The van der Waals surface area contributed by atoms with E-state index in [1.807, 2.05) is 12.1 Å². The van der Waals surface area contributed by atoms with Crippen LogP contribution in [0.5, 0.6) is 5.75 Å². The van der Waals surface area contributed by atoms with Crippen LogP contribution in [0, 0.1) is 0 Å². The predicted octanol–water partition coefficient (Wildman–Crippen LogP) is 9.93. The first-order valence-corrected chi connectivity index (χ1v) is 14.2. The predicted molar refractivity (Wildman–Crippen MR) is 156 cm³/mol. The molecular formula is C34H38F3NO2. The first kappa shape index (κ1) is 29.4. The molecule has 0 atom stereocenters. The van der Waals surface area contributed by atoms with Crippen LogP contribution in [0.25, 0.3) is 22.0 Å². The van der Waals surface area contributed by atoms with E-state index in [1.54, 1.807) is 24.3 Å². The van der Waals surface area contributed by atoms with Crippen molar-refractivity contribution in [3.63, 3.8) is 0 Å². The molecule has 1 N–H and O–H groups in total. The molecule has 0 aliphatic carbocycles. The Labute approximate surface area is 234 Å². The Morgan fingerprint density at radius 2 is 1.48 bits per heavy atom. The number of ketones is 1. The third kappa shape index (κ3) is 6.11. The van der Waals surface area contributed by atoms with Crippen LogP contribution in [-0.4, -0.2) is 17.4 Å². The maximum atomic E-state index is 13.0. The number of H-pyrrole nitrogens is 1. The fourth-order valence-electron chi connectivity index (χ4n) is 5.81. The summed E-state index contributed by atoms with van der Waals surface area (Å²) < 4.78 is 44.2. The molecule has 0 radical (unpaired) electrons. The van der Waals surface area contributed by atoms with Crippen LogP contribution in [0.3, 0.4) is 0 Å². The molecule has 0 bridgehead atoms. The second-order valence-electron chi connectivity index (χ2n) is 10.5. The van der Waals surface area contributed by atoms with Gasteiger partial charge in [0.15, 0.2) is 5.78 Å². The number of Topliss-reactive ketones (excluding diaryl/α,β-unsaturated/α-hetero) is 1. The summed E-state index contributed by atoms with van der Waals surface area (Å²) in [7, 11) is 0. The Balaban J connectivity index is 1.41. The van der Waals surface area contributed by atoms with Gasteiger partial charge in [-0.15, -0.1) is 0 Å². The monoisotopic (exact) mass is 549 g/mol. The zero-order valence-corrected chi connectivity index (χ0v) is 23.8. The van der Waals surface area contributed by atoms with Gasteiger partial charge in [-0.1, -0.05) is 70.5 Å². The first-order chi connectivity index (χ1) is 19.2. The van der Waals surface area contributed by atoms with E-state index in [9.17, 15) is 18.0 Å². The standard InChI is InChI=1S/C34H38F3NO2/c1-5-20-33(7-3,8-4)32-28(6-2)29-18-13-25(22-30(29)38-32)31(39)19-21-40-27-16-11-24(12-17-27)23-9-14-26(15-10-23)34(35,36)37/h9-18,22,38H,5-8,19-21H2,1-4H3. The topological polar surface area (TPSA) is 42.1 Å². The van der Waals surface area contributed by atoms with Crippen LogP contribution in [0.2, 0.25) is 0 Å². The highest BCUT2D eigenvalue weighted by atomic mass is 19.4. The van der Waals surface area contributed by atoms with E-state index in [0.29, 0.717) is 16.9 Å². The smallest absolute Gasteiger partial charge is 0.416 e. The molecule has 4 rings (SSSR count). The van der Waals surface area contributed by atoms with E-state index in [1.165, 1.54) is 28.8 Å². The molecule has 0 amide bonds. The number of benzene rings is 3. The summed E-state index contributed by atoms with van der Waals surface area (Å²) in [5, 5.41) is 1.20. The van der Waals surface area contributed by atoms with E-state index in [-0.39, 0.29) is 24.2 Å². The van der Waals surface area contributed by atoms with Crippen molar-refractivity contribution in [3.8, 4) is 16.9 Å². The normalized spacial score (nSPS) is 12.2. The van der Waals surface area contributed by atoms with Gasteiger partial charge in [0.1, 0.15) is 5.75 Å². The summed E-state index contributed by atoms with van der Waals surface area (Å²) in [6.07, 6.45) is 1.24. The number of carbonyl (C=O) groups excluding carboxylic acids is 1. The van der Waals surface area contributed by atoms with Crippen molar-refractivity contribution in [2.24, 2.45) is 0 Å². The number of fused-ring (bicyclic) bond motifs is 1. The summed E-state index contributed by atoms with van der Waals surface area (Å²) >= 11 is 0. The molecule has 4 aromatic rings. The average Bonchev–Trinajstić information content (AvgIpc) is 3.34. The van der Waals surface area contributed by atoms with Gasteiger partial charge in [0.25, 0.3) is 0 Å². The van der Waals surface area contributed by atoms with Crippen molar-refractivity contribution in [2.45, 2.75) is 77.8 Å². The molecule has 0 fully saturated rings. The number of halogens is 3. The molecule has 0 saturated carbocycles. The second-order valence-corrected chi connectivity index (χ2v) is 10.5. The quantitative estimate of drug-likeness (QED) is 0.179. The Bertz CT molecular complexity index is 1430. The molecule has 212 valence electrons. The summed E-state index contributed by atoms with van der Waals surface area (Å²) in [6, 6.07) is 18.2. The Kier molecular flexibility index (Phi) is 9.07. The number of ether oxygens (including phenoxy) is 1. The number of nitrogens with one attached hydrogen (secondary N) is 1. The van der Waals surface area contributed by atoms with Gasteiger partial charge < -0.3 is 9.72 Å². The summed E-state index contributed by atoms with van der Waals surface area (Å²) in [5.74, 6) is 0.621. The Morgan fingerprint density at radius 1 is 0.850 bits per heavy atom. The van der Waals surface area contributed by atoms with E-state index in [2.05, 4.69) is 38.7 Å². The van der Waals surface area contributed by atoms with Crippen LogP contribution >= 0.6 is 0 Å². The lowest BCUT2D eigenvalue weighted by molar-refractivity contribution is -0.137. The number of hydrogen-bond donors (Lipinski definition) is 1. The molecule has 0 aliphatic rings. The van der Waals surface area contributed by atoms with Crippen molar-refractivity contribution in [2.75, 3.05) is 6.61 Å². The molecule has 0 saturated heterocycles. The van der Waals surface area contributed by atoms with E-state index in [0.717, 1.165) is 55.3 Å². The van der Waals surface area contributed by atoms with Crippen LogP contribution in [0.4, 0.5) is 13.2 Å². The fraction of sp³-hybridized carbons (Fsp3) is 0.382. The molecule has 3 nitrogen and oxygen atoms in total. The molecule has 0 aliphatic heterocycles. The SMILES string of the molecule is CCCC(CC)(CC)c1[nH]c2cc(C(=O)CCOc3ccc(-c4ccc(C(F)(F)F)cc4)cc3)ccc2c1CC. The van der Waals surface area contributed by atoms with Crippen molar-refractivity contribution < 1.29 is 22.7 Å². The number of aromatic amines is 1. The third-order valence-electron chi connectivity index (χ3n) is 8.19. The zero-order chi connectivity index (χ0) is 28.9. The third-order valence-corrected chi connectivity index (χ3v) is 8.19. The number of aryl methyl sites for hydroxylation is 1. The number of hydrogen-bond acceptors (Lipinski definition) is 2. The lowest BCUT2D eigenvalue weighted by Crippen LogP contribution is -2.26. The van der Waals surface area contributed by atoms with Crippen LogP contribution in [0.15, 0.2) is 66.7 Å². The van der Waals surface area contributed by atoms with Crippen molar-refractivity contribution in [1.29, 1.82) is 0 Å². The molecule has 1 heterocycles. The lowest BCUT2D eigenvalue weighted by atomic mass is 9.74. The summed E-state index contributed by atoms with van der Waals surface area (Å²) in [6.45, 7) is 9.20. The van der Waals surface area contributed by atoms with Gasteiger partial charge in [-0.25, -0.2) is 0 Å². The highest BCUT2D eigenvalue weighted by molar-refractivity contribution is 6.00. The molecular weight excluding hydrogens is 511 g/mol. The number of carbonyl (C=O) groups is 1. The summed E-state index contributed by atoms with van der Waals surface area (Å²) in [4.78, 5) is 16.7. The molecule has 6 heteroatoms. The van der Waals surface area contributed by atoms with Crippen LogP contribution in [-0.2, 0) is 18.0 Å². The molecule has 0 spiro atoms. The Hall–Kier alpha value is -3.54. The highest BCUT2D eigenvalue weighted by Crippen LogP contribution is 2.41. The van der Waals surface area contributed by atoms with Gasteiger partial charge in [-0.3, -0.25) is 4.79 Å². The Morgan fingerprint density at radius 3 is 2.02 bits per heavy atom.